The van der Waals surface area contributed by atoms with Crippen LogP contribution in [0.1, 0.15) is 17.4 Å². The maximum atomic E-state index is 12.2. The van der Waals surface area contributed by atoms with Gasteiger partial charge in [0.1, 0.15) is 10.6 Å². The number of aromatic carboxylic acids is 1. The molecule has 0 saturated carbocycles. The third-order valence-corrected chi connectivity index (χ3v) is 3.93. The summed E-state index contributed by atoms with van der Waals surface area (Å²) in [6.45, 7) is 2.03. The number of carboxylic acid groups (broad SMARTS) is 1. The molecular weight excluding hydrogens is 302 g/mol. The number of aryl methyl sites for hydroxylation is 1. The number of nitrogens with one attached hydrogen (secondary N) is 2. The van der Waals surface area contributed by atoms with Gasteiger partial charge in [-0.1, -0.05) is 0 Å². The summed E-state index contributed by atoms with van der Waals surface area (Å²) in [5.41, 5.74) is -0.118. The van der Waals surface area contributed by atoms with E-state index in [-0.39, 0.29) is 22.5 Å². The Hall–Kier alpha value is -2.56. The second kappa shape index (κ2) is 5.44. The molecule has 0 aliphatic rings. The molecular formula is C10H13N5O5S. The van der Waals surface area contributed by atoms with Crippen LogP contribution in [0.3, 0.4) is 0 Å². The van der Waals surface area contributed by atoms with Gasteiger partial charge in [-0.25, -0.2) is 23.0 Å². The van der Waals surface area contributed by atoms with E-state index in [9.17, 15) is 13.2 Å². The first-order chi connectivity index (χ1) is 9.87. The van der Waals surface area contributed by atoms with Crippen LogP contribution in [0.5, 0.6) is 6.01 Å². The lowest BCUT2D eigenvalue weighted by atomic mass is 10.4. The van der Waals surface area contributed by atoms with Crippen LogP contribution in [0, 0.1) is 0 Å². The van der Waals surface area contributed by atoms with Crippen molar-refractivity contribution in [1.29, 1.82) is 0 Å². The fourth-order valence-electron chi connectivity index (χ4n) is 1.64. The highest BCUT2D eigenvalue weighted by Gasteiger charge is 2.22. The number of carboxylic acids is 1. The van der Waals surface area contributed by atoms with Crippen LogP contribution in [0.25, 0.3) is 0 Å². The van der Waals surface area contributed by atoms with Gasteiger partial charge in [-0.3, -0.25) is 0 Å². The van der Waals surface area contributed by atoms with E-state index in [0.717, 1.165) is 6.07 Å². The molecule has 0 fully saturated rings. The summed E-state index contributed by atoms with van der Waals surface area (Å²) < 4.78 is 32.5. The van der Waals surface area contributed by atoms with E-state index in [4.69, 9.17) is 9.84 Å². The van der Waals surface area contributed by atoms with Gasteiger partial charge in [0.2, 0.25) is 5.95 Å². The first-order valence-electron chi connectivity index (χ1n) is 5.80. The van der Waals surface area contributed by atoms with Crippen LogP contribution < -0.4 is 9.46 Å². The molecule has 21 heavy (non-hydrogen) atoms. The van der Waals surface area contributed by atoms with Crippen molar-refractivity contribution in [2.75, 3.05) is 11.8 Å². The van der Waals surface area contributed by atoms with E-state index < -0.39 is 16.0 Å². The molecule has 0 aromatic carbocycles. The van der Waals surface area contributed by atoms with Crippen molar-refractivity contribution < 1.29 is 23.1 Å². The maximum Gasteiger partial charge on any atom is 0.352 e. The molecule has 0 bridgehead atoms. The summed E-state index contributed by atoms with van der Waals surface area (Å²) in [5, 5.41) is 15.0. The smallest absolute Gasteiger partial charge is 0.352 e. The van der Waals surface area contributed by atoms with Gasteiger partial charge < -0.3 is 14.4 Å². The lowest BCUT2D eigenvalue weighted by molar-refractivity contribution is 0.0685. The zero-order valence-electron chi connectivity index (χ0n) is 11.2. The minimum absolute atomic E-state index is 0.0231. The minimum atomic E-state index is -3.98. The zero-order chi connectivity index (χ0) is 15.6. The topological polar surface area (TPSA) is 139 Å². The Balaban J connectivity index is 2.33. The van der Waals surface area contributed by atoms with Gasteiger partial charge in [0.15, 0.2) is 0 Å². The molecule has 114 valence electrons. The van der Waals surface area contributed by atoms with Gasteiger partial charge in [0.25, 0.3) is 10.0 Å². The molecule has 2 rings (SSSR count). The predicted molar refractivity (Wildman–Crippen MR) is 70.8 cm³/mol. The van der Waals surface area contributed by atoms with E-state index in [0.29, 0.717) is 6.54 Å². The number of anilines is 1. The number of hydrogen-bond donors (Lipinski definition) is 3. The molecule has 0 amide bonds. The van der Waals surface area contributed by atoms with Crippen LogP contribution in [0.2, 0.25) is 0 Å². The summed E-state index contributed by atoms with van der Waals surface area (Å²) in [6, 6.07) is 1.05. The van der Waals surface area contributed by atoms with Crippen molar-refractivity contribution in [3.8, 4) is 6.01 Å². The normalized spacial score (nSPS) is 11.3. The second-order valence-electron chi connectivity index (χ2n) is 3.93. The number of methoxy groups -OCH3 is 1. The lowest BCUT2D eigenvalue weighted by Gasteiger charge is -2.01. The molecule has 10 nitrogen and oxygen atoms in total. The number of aromatic amines is 1. The SMILES string of the molecule is CCn1cc(S(=O)(=O)Nc2nc(OC)n[nH]2)cc1C(=O)O. The van der Waals surface area contributed by atoms with Crippen molar-refractivity contribution in [2.24, 2.45) is 0 Å². The molecule has 0 aliphatic carbocycles. The fourth-order valence-corrected chi connectivity index (χ4v) is 2.64. The number of rotatable bonds is 6. The van der Waals surface area contributed by atoms with Crippen molar-refractivity contribution in [1.82, 2.24) is 19.7 Å². The molecule has 0 aliphatic heterocycles. The summed E-state index contributed by atoms with van der Waals surface area (Å²) in [5.74, 6) is -1.34. The van der Waals surface area contributed by atoms with Crippen molar-refractivity contribution in [2.45, 2.75) is 18.4 Å². The first kappa shape index (κ1) is 14.8. The predicted octanol–water partition coefficient (Wildman–Crippen LogP) is 0.134. The molecule has 11 heteroatoms. The number of hydrogen-bond acceptors (Lipinski definition) is 6. The number of nitrogens with zero attached hydrogens (tertiary/aromatic N) is 3. The quantitative estimate of drug-likeness (QED) is 0.688. The Morgan fingerprint density at radius 1 is 1.57 bits per heavy atom. The highest BCUT2D eigenvalue weighted by Crippen LogP contribution is 2.18. The van der Waals surface area contributed by atoms with Gasteiger partial charge in [0, 0.05) is 12.7 Å². The second-order valence-corrected chi connectivity index (χ2v) is 5.61. The standard InChI is InChI=1S/C10H13N5O5S/c1-3-15-5-6(4-7(15)8(16)17)21(18,19)14-9-11-10(20-2)13-12-9/h4-5H,3H2,1-2H3,(H,16,17)(H2,11,12,13,14). The lowest BCUT2D eigenvalue weighted by Crippen LogP contribution is -2.13. The van der Waals surface area contributed by atoms with Crippen molar-refractivity contribution >= 4 is 21.9 Å². The Morgan fingerprint density at radius 3 is 2.76 bits per heavy atom. The van der Waals surface area contributed by atoms with Gasteiger partial charge in [-0.2, -0.15) is 4.98 Å². The molecule has 2 aromatic rings. The van der Waals surface area contributed by atoms with Crippen LogP contribution in [-0.2, 0) is 16.6 Å². The maximum absolute atomic E-state index is 12.2. The Morgan fingerprint density at radius 2 is 2.29 bits per heavy atom. The Kier molecular flexibility index (Phi) is 3.84. The molecule has 0 spiro atoms. The average Bonchev–Trinajstić information content (AvgIpc) is 3.04. The van der Waals surface area contributed by atoms with Gasteiger partial charge in [-0.15, -0.1) is 5.10 Å². The molecule has 2 aromatic heterocycles. The summed E-state index contributed by atoms with van der Waals surface area (Å²) in [7, 11) is -2.64. The summed E-state index contributed by atoms with van der Waals surface area (Å²) in [4.78, 5) is 14.6. The number of aromatic nitrogens is 4. The van der Waals surface area contributed by atoms with E-state index in [2.05, 4.69) is 19.9 Å². The van der Waals surface area contributed by atoms with E-state index in [1.54, 1.807) is 6.92 Å². The molecule has 0 unspecified atom stereocenters. The van der Waals surface area contributed by atoms with Crippen molar-refractivity contribution in [3.05, 3.63) is 18.0 Å². The molecule has 3 N–H and O–H groups in total. The number of carbonyl (C=O) groups is 1. The third-order valence-electron chi connectivity index (χ3n) is 2.62. The highest BCUT2D eigenvalue weighted by molar-refractivity contribution is 7.92. The highest BCUT2D eigenvalue weighted by atomic mass is 32.2. The van der Waals surface area contributed by atoms with Crippen LogP contribution >= 0.6 is 0 Å². The molecule has 0 saturated heterocycles. The summed E-state index contributed by atoms with van der Waals surface area (Å²) in [6.07, 6.45) is 1.24. The Bertz CT molecular complexity index is 763. The van der Waals surface area contributed by atoms with E-state index >= 15 is 0 Å². The number of sulfonamides is 1. The van der Waals surface area contributed by atoms with E-state index in [1.165, 1.54) is 17.9 Å². The number of H-pyrrole nitrogens is 1. The van der Waals surface area contributed by atoms with Gasteiger partial charge >= 0.3 is 12.0 Å². The largest absolute Gasteiger partial charge is 0.477 e. The minimum Gasteiger partial charge on any atom is -0.477 e. The third kappa shape index (κ3) is 2.97. The van der Waals surface area contributed by atoms with Crippen LogP contribution in [-0.4, -0.2) is 46.4 Å². The molecule has 0 atom stereocenters. The van der Waals surface area contributed by atoms with Gasteiger partial charge in [-0.05, 0) is 13.0 Å². The average molecular weight is 315 g/mol. The fraction of sp³-hybridized carbons (Fsp3) is 0.300. The summed E-state index contributed by atoms with van der Waals surface area (Å²) >= 11 is 0. The van der Waals surface area contributed by atoms with E-state index in [1.807, 2.05) is 0 Å². The van der Waals surface area contributed by atoms with Crippen LogP contribution in [0.4, 0.5) is 5.95 Å². The molecule has 0 radical (unpaired) electrons. The number of ether oxygens (including phenoxy) is 1. The van der Waals surface area contributed by atoms with Crippen molar-refractivity contribution in [3.63, 3.8) is 0 Å². The van der Waals surface area contributed by atoms with Gasteiger partial charge in [0.05, 0.1) is 7.11 Å². The zero-order valence-corrected chi connectivity index (χ0v) is 12.0. The first-order valence-corrected chi connectivity index (χ1v) is 7.28. The monoisotopic (exact) mass is 315 g/mol. The molecule has 2 heterocycles. The Labute approximate surface area is 119 Å². The van der Waals surface area contributed by atoms with Crippen LogP contribution in [0.15, 0.2) is 17.2 Å².